The smallest absolute Gasteiger partial charge is 0.123 e. The Hall–Kier alpha value is -3.20. The summed E-state index contributed by atoms with van der Waals surface area (Å²) in [6.45, 7) is 0. The van der Waals surface area contributed by atoms with Crippen LogP contribution in [0, 0.1) is 5.82 Å². The second-order valence-electron chi connectivity index (χ2n) is 5.81. The first-order valence-electron chi connectivity index (χ1n) is 8.05. The molecule has 25 heavy (non-hydrogen) atoms. The van der Waals surface area contributed by atoms with Crippen molar-refractivity contribution < 1.29 is 9.13 Å². The summed E-state index contributed by atoms with van der Waals surface area (Å²) in [7, 11) is 1.66. The van der Waals surface area contributed by atoms with E-state index in [4.69, 9.17) is 9.72 Å². The van der Waals surface area contributed by atoms with Gasteiger partial charge in [-0.15, -0.1) is 0 Å². The van der Waals surface area contributed by atoms with Gasteiger partial charge in [0.05, 0.1) is 18.3 Å². The second kappa shape index (κ2) is 6.36. The van der Waals surface area contributed by atoms with Crippen LogP contribution in [0.5, 0.6) is 5.75 Å². The number of nitrogens with zero attached hydrogens (tertiary/aromatic N) is 1. The highest BCUT2D eigenvalue weighted by atomic mass is 19.1. The molecule has 3 aromatic carbocycles. The predicted molar refractivity (Wildman–Crippen MR) is 99.1 cm³/mol. The van der Waals surface area contributed by atoms with E-state index in [1.807, 2.05) is 42.5 Å². The van der Waals surface area contributed by atoms with Crippen LogP contribution in [0.2, 0.25) is 0 Å². The largest absolute Gasteiger partial charge is 0.497 e. The van der Waals surface area contributed by atoms with Crippen LogP contribution in [-0.4, -0.2) is 12.1 Å². The van der Waals surface area contributed by atoms with Gasteiger partial charge in [-0.3, -0.25) is 0 Å². The molecule has 0 N–H and O–H groups in total. The summed E-state index contributed by atoms with van der Waals surface area (Å²) >= 11 is 0. The fraction of sp³-hybridized carbons (Fsp3) is 0.0455. The number of hydrogen-bond acceptors (Lipinski definition) is 2. The van der Waals surface area contributed by atoms with Gasteiger partial charge >= 0.3 is 0 Å². The van der Waals surface area contributed by atoms with Crippen molar-refractivity contribution in [1.29, 1.82) is 0 Å². The highest BCUT2D eigenvalue weighted by Gasteiger charge is 2.10. The van der Waals surface area contributed by atoms with Gasteiger partial charge in [0.15, 0.2) is 0 Å². The van der Waals surface area contributed by atoms with Gasteiger partial charge in [-0.2, -0.15) is 0 Å². The van der Waals surface area contributed by atoms with E-state index in [0.29, 0.717) is 0 Å². The van der Waals surface area contributed by atoms with E-state index in [-0.39, 0.29) is 5.82 Å². The zero-order chi connectivity index (χ0) is 17.2. The minimum absolute atomic E-state index is 0.252. The van der Waals surface area contributed by atoms with Crippen molar-refractivity contribution in [2.75, 3.05) is 7.11 Å². The van der Waals surface area contributed by atoms with Crippen LogP contribution in [0.1, 0.15) is 0 Å². The third kappa shape index (κ3) is 2.96. The van der Waals surface area contributed by atoms with Crippen molar-refractivity contribution >= 4 is 10.9 Å². The van der Waals surface area contributed by atoms with Crippen LogP contribution in [-0.2, 0) is 0 Å². The molecule has 0 radical (unpaired) electrons. The molecule has 0 amide bonds. The highest BCUT2D eigenvalue weighted by molar-refractivity contribution is 5.97. The number of benzene rings is 3. The van der Waals surface area contributed by atoms with Crippen molar-refractivity contribution in [3.63, 3.8) is 0 Å². The van der Waals surface area contributed by atoms with Crippen molar-refractivity contribution in [3.05, 3.63) is 84.7 Å². The first-order valence-corrected chi connectivity index (χ1v) is 8.05. The fourth-order valence-corrected chi connectivity index (χ4v) is 2.96. The van der Waals surface area contributed by atoms with E-state index in [0.717, 1.165) is 39.0 Å². The molecule has 122 valence electrons. The Morgan fingerprint density at radius 1 is 0.800 bits per heavy atom. The van der Waals surface area contributed by atoms with Crippen LogP contribution in [0.25, 0.3) is 33.3 Å². The second-order valence-corrected chi connectivity index (χ2v) is 5.81. The van der Waals surface area contributed by atoms with Crippen LogP contribution in [0.4, 0.5) is 4.39 Å². The lowest BCUT2D eigenvalue weighted by atomic mass is 9.98. The summed E-state index contributed by atoms with van der Waals surface area (Å²) < 4.78 is 18.6. The summed E-state index contributed by atoms with van der Waals surface area (Å²) in [6, 6.07) is 24.5. The Bertz CT molecular complexity index is 1030. The fourth-order valence-electron chi connectivity index (χ4n) is 2.96. The Kier molecular flexibility index (Phi) is 3.90. The van der Waals surface area contributed by atoms with Crippen LogP contribution < -0.4 is 4.74 Å². The molecule has 0 saturated heterocycles. The van der Waals surface area contributed by atoms with Gasteiger partial charge in [-0.25, -0.2) is 9.37 Å². The first kappa shape index (κ1) is 15.3. The van der Waals surface area contributed by atoms with E-state index in [9.17, 15) is 4.39 Å². The molecule has 3 heteroatoms. The minimum Gasteiger partial charge on any atom is -0.497 e. The number of methoxy groups -OCH3 is 1. The van der Waals surface area contributed by atoms with E-state index in [1.54, 1.807) is 19.2 Å². The average Bonchev–Trinajstić information content (AvgIpc) is 2.68. The number of rotatable bonds is 3. The molecule has 0 aliphatic rings. The number of hydrogen-bond donors (Lipinski definition) is 0. The molecule has 4 aromatic rings. The molecule has 0 aliphatic carbocycles. The van der Waals surface area contributed by atoms with E-state index in [1.165, 1.54) is 12.1 Å². The lowest BCUT2D eigenvalue weighted by Gasteiger charge is -2.11. The van der Waals surface area contributed by atoms with E-state index in [2.05, 4.69) is 12.1 Å². The molecule has 1 aromatic heterocycles. The molecule has 0 bridgehead atoms. The molecule has 0 unspecified atom stereocenters. The maximum absolute atomic E-state index is 13.2. The predicted octanol–water partition coefficient (Wildman–Crippen LogP) is 5.72. The summed E-state index contributed by atoms with van der Waals surface area (Å²) in [5.74, 6) is 0.540. The zero-order valence-electron chi connectivity index (χ0n) is 13.7. The van der Waals surface area contributed by atoms with Gasteiger partial charge in [-0.05, 0) is 59.7 Å². The van der Waals surface area contributed by atoms with E-state index < -0.39 is 0 Å². The van der Waals surface area contributed by atoms with Gasteiger partial charge < -0.3 is 4.74 Å². The van der Waals surface area contributed by atoms with Crippen molar-refractivity contribution in [2.24, 2.45) is 0 Å². The van der Waals surface area contributed by atoms with Crippen LogP contribution in [0.3, 0.4) is 0 Å². The highest BCUT2D eigenvalue weighted by Crippen LogP contribution is 2.33. The molecular formula is C22H16FNO. The number of ether oxygens (including phenoxy) is 1. The van der Waals surface area contributed by atoms with Crippen molar-refractivity contribution in [1.82, 2.24) is 4.98 Å². The Balaban J connectivity index is 1.99. The van der Waals surface area contributed by atoms with Crippen molar-refractivity contribution in [2.45, 2.75) is 0 Å². The third-order valence-electron chi connectivity index (χ3n) is 4.24. The Morgan fingerprint density at radius 2 is 1.56 bits per heavy atom. The summed E-state index contributed by atoms with van der Waals surface area (Å²) in [4.78, 5) is 4.76. The Morgan fingerprint density at radius 3 is 2.28 bits per heavy atom. The van der Waals surface area contributed by atoms with E-state index >= 15 is 0 Å². The SMILES string of the molecule is COc1ccc2nc(-c3ccc(F)cc3)cc(-c3ccccc3)c2c1. The maximum atomic E-state index is 13.2. The number of pyridine rings is 1. The van der Waals surface area contributed by atoms with Gasteiger partial charge in [0.1, 0.15) is 11.6 Å². The Labute approximate surface area is 145 Å². The molecule has 0 spiro atoms. The zero-order valence-corrected chi connectivity index (χ0v) is 13.7. The van der Waals surface area contributed by atoms with Gasteiger partial charge in [0.2, 0.25) is 0 Å². The minimum atomic E-state index is -0.252. The molecule has 0 fully saturated rings. The summed E-state index contributed by atoms with van der Waals surface area (Å²) in [6.07, 6.45) is 0. The normalized spacial score (nSPS) is 10.8. The lowest BCUT2D eigenvalue weighted by Crippen LogP contribution is -1.91. The van der Waals surface area contributed by atoms with Crippen molar-refractivity contribution in [3.8, 4) is 28.1 Å². The van der Waals surface area contributed by atoms with Gasteiger partial charge in [0, 0.05) is 10.9 Å². The molecular weight excluding hydrogens is 313 g/mol. The molecule has 1 heterocycles. The topological polar surface area (TPSA) is 22.1 Å². The maximum Gasteiger partial charge on any atom is 0.123 e. The first-order chi connectivity index (χ1) is 12.2. The molecule has 0 atom stereocenters. The molecule has 2 nitrogen and oxygen atoms in total. The average molecular weight is 329 g/mol. The summed E-state index contributed by atoms with van der Waals surface area (Å²) in [5.41, 5.74) is 4.75. The van der Waals surface area contributed by atoms with Crippen LogP contribution in [0.15, 0.2) is 78.9 Å². The quantitative estimate of drug-likeness (QED) is 0.480. The number of halogens is 1. The number of aromatic nitrogens is 1. The summed E-state index contributed by atoms with van der Waals surface area (Å²) in [5, 5.41) is 1.02. The van der Waals surface area contributed by atoms with Gasteiger partial charge in [-0.1, -0.05) is 30.3 Å². The standard InChI is InChI=1S/C22H16FNO/c1-25-18-11-12-21-20(13-18)19(15-5-3-2-4-6-15)14-22(24-21)16-7-9-17(23)10-8-16/h2-14H,1H3. The molecule has 4 rings (SSSR count). The molecule has 0 saturated carbocycles. The molecule has 0 aliphatic heterocycles. The van der Waals surface area contributed by atoms with Gasteiger partial charge in [0.25, 0.3) is 0 Å². The monoisotopic (exact) mass is 329 g/mol. The lowest BCUT2D eigenvalue weighted by molar-refractivity contribution is 0.415. The third-order valence-corrected chi connectivity index (χ3v) is 4.24. The van der Waals surface area contributed by atoms with Crippen LogP contribution >= 0.6 is 0 Å². The number of fused-ring (bicyclic) bond motifs is 1.